The minimum atomic E-state index is -3.73. The summed E-state index contributed by atoms with van der Waals surface area (Å²) in [6.07, 6.45) is 0.225. The van der Waals surface area contributed by atoms with Gasteiger partial charge in [0.25, 0.3) is 0 Å². The molecular weight excluding hydrogens is 424 g/mol. The van der Waals surface area contributed by atoms with E-state index in [2.05, 4.69) is 10.6 Å². The number of fused-ring (bicyclic) bond motifs is 1. The van der Waals surface area contributed by atoms with Gasteiger partial charge in [0.2, 0.25) is 11.8 Å². The number of carbonyl (C=O) groups is 2. The van der Waals surface area contributed by atoms with Gasteiger partial charge < -0.3 is 15.4 Å². The number of anilines is 1. The summed E-state index contributed by atoms with van der Waals surface area (Å²) in [6.45, 7) is 1.82. The molecule has 2 aromatic rings. The van der Waals surface area contributed by atoms with Crippen LogP contribution in [0.4, 0.5) is 5.69 Å². The van der Waals surface area contributed by atoms with Crippen LogP contribution in [-0.2, 0) is 26.0 Å². The standard InChI is InChI=1S/C21H24N2O5S2/c1-14(11-21(25)22-13-15-3-5-16(28-2)6-4-15)30(26,27)17-7-8-19-18(12-17)23-20(24)9-10-29-19/h3-8,12,14H,9-11,13H2,1-2H3,(H,22,25)(H,23,24)/t14-/m0/s1. The van der Waals surface area contributed by atoms with Gasteiger partial charge in [-0.15, -0.1) is 11.8 Å². The number of hydrogen-bond donors (Lipinski definition) is 2. The first-order valence-corrected chi connectivity index (χ1v) is 12.0. The highest BCUT2D eigenvalue weighted by Gasteiger charge is 2.27. The highest BCUT2D eigenvalue weighted by atomic mass is 32.2. The Morgan fingerprint density at radius 1 is 1.23 bits per heavy atom. The van der Waals surface area contributed by atoms with Crippen molar-refractivity contribution < 1.29 is 22.7 Å². The number of ether oxygens (including phenoxy) is 1. The normalized spacial score (nSPS) is 14.8. The first kappa shape index (κ1) is 22.2. The van der Waals surface area contributed by atoms with Crippen LogP contribution in [-0.4, -0.2) is 38.3 Å². The van der Waals surface area contributed by atoms with Crippen molar-refractivity contribution >= 4 is 39.1 Å². The highest BCUT2D eigenvalue weighted by Crippen LogP contribution is 2.33. The number of amides is 2. The van der Waals surface area contributed by atoms with Gasteiger partial charge in [-0.2, -0.15) is 0 Å². The molecule has 3 rings (SSSR count). The summed E-state index contributed by atoms with van der Waals surface area (Å²) >= 11 is 1.51. The van der Waals surface area contributed by atoms with Gasteiger partial charge in [-0.25, -0.2) is 8.42 Å². The molecule has 0 fully saturated rings. The Bertz CT molecular complexity index is 1040. The van der Waals surface area contributed by atoms with Crippen LogP contribution in [0, 0.1) is 0 Å². The van der Waals surface area contributed by atoms with E-state index in [1.165, 1.54) is 30.8 Å². The van der Waals surface area contributed by atoms with Crippen LogP contribution >= 0.6 is 11.8 Å². The van der Waals surface area contributed by atoms with E-state index < -0.39 is 15.1 Å². The summed E-state index contributed by atoms with van der Waals surface area (Å²) < 4.78 is 31.0. The fourth-order valence-corrected chi connectivity index (χ4v) is 5.31. The Morgan fingerprint density at radius 2 is 1.97 bits per heavy atom. The number of benzene rings is 2. The smallest absolute Gasteiger partial charge is 0.225 e. The van der Waals surface area contributed by atoms with Crippen LogP contribution in [0.25, 0.3) is 0 Å². The first-order chi connectivity index (χ1) is 14.3. The second kappa shape index (κ2) is 9.53. The van der Waals surface area contributed by atoms with E-state index in [4.69, 9.17) is 4.74 Å². The van der Waals surface area contributed by atoms with Crippen molar-refractivity contribution in [2.45, 2.75) is 41.4 Å². The average Bonchev–Trinajstić information content (AvgIpc) is 2.92. The van der Waals surface area contributed by atoms with Crippen molar-refractivity contribution in [3.63, 3.8) is 0 Å². The molecule has 30 heavy (non-hydrogen) atoms. The number of carbonyl (C=O) groups excluding carboxylic acids is 2. The predicted molar refractivity (Wildman–Crippen MR) is 117 cm³/mol. The molecule has 1 aliphatic rings. The zero-order valence-electron chi connectivity index (χ0n) is 16.8. The number of nitrogens with one attached hydrogen (secondary N) is 2. The van der Waals surface area contributed by atoms with E-state index in [-0.39, 0.29) is 23.1 Å². The number of hydrogen-bond acceptors (Lipinski definition) is 6. The van der Waals surface area contributed by atoms with Crippen LogP contribution in [0.3, 0.4) is 0 Å². The van der Waals surface area contributed by atoms with Crippen LogP contribution in [0.1, 0.15) is 25.3 Å². The molecule has 7 nitrogen and oxygen atoms in total. The minimum absolute atomic E-state index is 0.0968. The van der Waals surface area contributed by atoms with Crippen molar-refractivity contribution in [1.82, 2.24) is 5.32 Å². The van der Waals surface area contributed by atoms with Crippen molar-refractivity contribution in [1.29, 1.82) is 0 Å². The average molecular weight is 449 g/mol. The fraction of sp³-hybridized carbons (Fsp3) is 0.333. The van der Waals surface area contributed by atoms with E-state index in [0.29, 0.717) is 24.4 Å². The van der Waals surface area contributed by atoms with Crippen LogP contribution in [0.5, 0.6) is 5.75 Å². The molecule has 0 saturated heterocycles. The fourth-order valence-electron chi connectivity index (χ4n) is 3.00. The first-order valence-electron chi connectivity index (χ1n) is 9.50. The lowest BCUT2D eigenvalue weighted by atomic mass is 10.2. The molecule has 1 heterocycles. The summed E-state index contributed by atoms with van der Waals surface area (Å²) in [5, 5.41) is 4.60. The Morgan fingerprint density at radius 3 is 2.67 bits per heavy atom. The number of thioether (sulfide) groups is 1. The van der Waals surface area contributed by atoms with Gasteiger partial charge >= 0.3 is 0 Å². The van der Waals surface area contributed by atoms with Gasteiger partial charge in [0, 0.05) is 30.0 Å². The van der Waals surface area contributed by atoms with Gasteiger partial charge in [0.15, 0.2) is 9.84 Å². The quantitative estimate of drug-likeness (QED) is 0.675. The predicted octanol–water partition coefficient (Wildman–Crippen LogP) is 3.00. The van der Waals surface area contributed by atoms with Gasteiger partial charge in [0.1, 0.15) is 5.75 Å². The molecule has 0 unspecified atom stereocenters. The second-order valence-electron chi connectivity index (χ2n) is 6.99. The van der Waals surface area contributed by atoms with Crippen LogP contribution in [0.15, 0.2) is 52.3 Å². The maximum atomic E-state index is 13.0. The van der Waals surface area contributed by atoms with E-state index in [1.807, 2.05) is 12.1 Å². The molecule has 2 amide bonds. The third-order valence-electron chi connectivity index (χ3n) is 4.79. The molecule has 0 saturated carbocycles. The molecule has 1 aliphatic heterocycles. The van der Waals surface area contributed by atoms with Crippen LogP contribution < -0.4 is 15.4 Å². The molecule has 0 radical (unpaired) electrons. The van der Waals surface area contributed by atoms with Gasteiger partial charge in [-0.05, 0) is 42.8 Å². The Labute approximate surface area is 180 Å². The summed E-state index contributed by atoms with van der Waals surface area (Å²) in [7, 11) is -2.15. The lowest BCUT2D eigenvalue weighted by molar-refractivity contribution is -0.121. The summed E-state index contributed by atoms with van der Waals surface area (Å²) in [5.41, 5.74) is 1.39. The largest absolute Gasteiger partial charge is 0.497 e. The third-order valence-corrected chi connectivity index (χ3v) is 8.00. The van der Waals surface area contributed by atoms with Crippen molar-refractivity contribution in [3.8, 4) is 5.75 Å². The second-order valence-corrected chi connectivity index (χ2v) is 10.5. The van der Waals surface area contributed by atoms with E-state index in [9.17, 15) is 18.0 Å². The molecule has 0 bridgehead atoms. The van der Waals surface area contributed by atoms with Crippen molar-refractivity contribution in [2.75, 3.05) is 18.2 Å². The minimum Gasteiger partial charge on any atom is -0.497 e. The Balaban J connectivity index is 1.64. The van der Waals surface area contributed by atoms with Gasteiger partial charge in [-0.3, -0.25) is 9.59 Å². The van der Waals surface area contributed by atoms with Crippen LogP contribution in [0.2, 0.25) is 0 Å². The lowest BCUT2D eigenvalue weighted by Crippen LogP contribution is -2.29. The van der Waals surface area contributed by atoms with Crippen molar-refractivity contribution in [3.05, 3.63) is 48.0 Å². The third kappa shape index (κ3) is 5.34. The van der Waals surface area contributed by atoms with Gasteiger partial charge in [-0.1, -0.05) is 12.1 Å². The monoisotopic (exact) mass is 448 g/mol. The maximum absolute atomic E-state index is 13.0. The molecule has 1 atom stereocenters. The number of sulfone groups is 1. The topological polar surface area (TPSA) is 102 Å². The molecule has 160 valence electrons. The summed E-state index contributed by atoms with van der Waals surface area (Å²) in [5.74, 6) is 0.887. The SMILES string of the molecule is COc1ccc(CNC(=O)C[C@H](C)S(=O)(=O)c2ccc3c(c2)NC(=O)CCS3)cc1. The molecule has 0 spiro atoms. The zero-order valence-corrected chi connectivity index (χ0v) is 18.4. The maximum Gasteiger partial charge on any atom is 0.225 e. The zero-order chi connectivity index (χ0) is 21.7. The van der Waals surface area contributed by atoms with E-state index in [0.717, 1.165) is 16.2 Å². The molecule has 9 heteroatoms. The molecule has 2 N–H and O–H groups in total. The number of rotatable bonds is 7. The summed E-state index contributed by atoms with van der Waals surface area (Å²) in [4.78, 5) is 25.0. The Kier molecular flexibility index (Phi) is 7.04. The molecular formula is C21H24N2O5S2. The van der Waals surface area contributed by atoms with Crippen molar-refractivity contribution in [2.24, 2.45) is 0 Å². The summed E-state index contributed by atoms with van der Waals surface area (Å²) in [6, 6.07) is 12.0. The lowest BCUT2D eigenvalue weighted by Gasteiger charge is -2.15. The van der Waals surface area contributed by atoms with E-state index >= 15 is 0 Å². The molecule has 0 aromatic heterocycles. The highest BCUT2D eigenvalue weighted by molar-refractivity contribution is 7.99. The van der Waals surface area contributed by atoms with E-state index in [1.54, 1.807) is 25.3 Å². The molecule has 0 aliphatic carbocycles. The Hall–Kier alpha value is -2.52. The number of methoxy groups -OCH3 is 1. The molecule has 2 aromatic carbocycles. The van der Waals surface area contributed by atoms with Gasteiger partial charge in [0.05, 0.1) is 22.9 Å².